The largest absolute Gasteiger partial charge is 0.462 e. The molecule has 4 unspecified atom stereocenters. The topological polar surface area (TPSA) is 29.5 Å². The number of carbonyl (C=O) groups excluding carboxylic acids is 1. The van der Waals surface area contributed by atoms with E-state index in [0.717, 1.165) is 18.3 Å². The second-order valence-electron chi connectivity index (χ2n) is 10.1. The Morgan fingerprint density at radius 2 is 1.65 bits per heavy atom. The molecule has 2 aliphatic carbocycles. The van der Waals surface area contributed by atoms with Gasteiger partial charge in [0.1, 0.15) is 6.10 Å². The molecule has 26 heavy (non-hydrogen) atoms. The Hall–Kier alpha value is -0.570. The molecule has 148 valence electrons. The van der Waals surface area contributed by atoms with Crippen LogP contribution in [0.3, 0.4) is 0 Å². The fourth-order valence-electron chi connectivity index (χ4n) is 6.72. The number of nitrogens with zero attached hydrogens (tertiary/aromatic N) is 1. The summed E-state index contributed by atoms with van der Waals surface area (Å²) in [5, 5.41) is 0. The molecule has 2 heterocycles. The van der Waals surface area contributed by atoms with Gasteiger partial charge in [-0.2, -0.15) is 0 Å². The summed E-state index contributed by atoms with van der Waals surface area (Å²) in [6.45, 7) is 4.67. The number of hydrogen-bond donors (Lipinski definition) is 0. The fraction of sp³-hybridized carbons (Fsp3) is 0.957. The first-order valence-corrected chi connectivity index (χ1v) is 11.5. The highest BCUT2D eigenvalue weighted by molar-refractivity contribution is 5.74. The Morgan fingerprint density at radius 1 is 0.923 bits per heavy atom. The number of ether oxygens (including phenoxy) is 1. The van der Waals surface area contributed by atoms with Gasteiger partial charge in [0.2, 0.25) is 0 Å². The Balaban J connectivity index is 1.50. The van der Waals surface area contributed by atoms with Gasteiger partial charge in [0.25, 0.3) is 0 Å². The van der Waals surface area contributed by atoms with Crippen molar-refractivity contribution in [1.29, 1.82) is 0 Å². The molecule has 0 aromatic rings. The summed E-state index contributed by atoms with van der Waals surface area (Å²) in [7, 11) is 2.25. The number of hydrogen-bond acceptors (Lipinski definition) is 3. The van der Waals surface area contributed by atoms with Crippen molar-refractivity contribution in [2.45, 2.75) is 103 Å². The highest BCUT2D eigenvalue weighted by atomic mass is 16.5. The van der Waals surface area contributed by atoms with Gasteiger partial charge >= 0.3 is 5.97 Å². The summed E-state index contributed by atoms with van der Waals surface area (Å²) in [4.78, 5) is 15.9. The molecule has 0 aromatic heterocycles. The van der Waals surface area contributed by atoms with Gasteiger partial charge in [-0.1, -0.05) is 33.1 Å². The summed E-state index contributed by atoms with van der Waals surface area (Å²) in [5.74, 6) is 3.03. The molecule has 4 aliphatic rings. The minimum absolute atomic E-state index is 0.131. The van der Waals surface area contributed by atoms with Crippen LogP contribution in [0.4, 0.5) is 0 Å². The van der Waals surface area contributed by atoms with Crippen molar-refractivity contribution in [3.63, 3.8) is 0 Å². The molecule has 4 rings (SSSR count). The van der Waals surface area contributed by atoms with Crippen molar-refractivity contribution in [2.24, 2.45) is 29.6 Å². The monoisotopic (exact) mass is 361 g/mol. The molecule has 0 aromatic carbocycles. The summed E-state index contributed by atoms with van der Waals surface area (Å²) >= 11 is 0. The third-order valence-corrected chi connectivity index (χ3v) is 8.55. The molecule has 3 nitrogen and oxygen atoms in total. The van der Waals surface area contributed by atoms with Crippen LogP contribution in [0.5, 0.6) is 0 Å². The SMILES string of the molecule is CC1CCC([C@H]2C[C@H]3CCC(C2C(=O)OC2CCCCC2C)N3C)CC1. The van der Waals surface area contributed by atoms with Gasteiger partial charge in [-0.05, 0) is 82.1 Å². The molecule has 0 N–H and O–H groups in total. The lowest BCUT2D eigenvalue weighted by Gasteiger charge is -2.46. The average Bonchev–Trinajstić information content (AvgIpc) is 2.87. The normalized spacial score (nSPS) is 46.9. The molecule has 2 saturated heterocycles. The molecule has 0 radical (unpaired) electrons. The van der Waals surface area contributed by atoms with Crippen LogP contribution in [0.15, 0.2) is 0 Å². The van der Waals surface area contributed by atoms with Crippen LogP contribution in [0.2, 0.25) is 0 Å². The van der Waals surface area contributed by atoms with E-state index in [1.807, 2.05) is 0 Å². The van der Waals surface area contributed by atoms with E-state index in [-0.39, 0.29) is 18.0 Å². The number of esters is 1. The zero-order valence-electron chi connectivity index (χ0n) is 17.2. The zero-order chi connectivity index (χ0) is 18.3. The van der Waals surface area contributed by atoms with Gasteiger partial charge in [-0.15, -0.1) is 0 Å². The zero-order valence-corrected chi connectivity index (χ0v) is 17.2. The van der Waals surface area contributed by atoms with Gasteiger partial charge in [0, 0.05) is 12.1 Å². The molecule has 3 heteroatoms. The van der Waals surface area contributed by atoms with E-state index in [2.05, 4.69) is 25.8 Å². The predicted molar refractivity (Wildman–Crippen MR) is 105 cm³/mol. The van der Waals surface area contributed by atoms with E-state index >= 15 is 0 Å². The Kier molecular flexibility index (Phi) is 5.64. The number of fused-ring (bicyclic) bond motifs is 2. The highest BCUT2D eigenvalue weighted by Crippen LogP contribution is 2.49. The third kappa shape index (κ3) is 3.57. The van der Waals surface area contributed by atoms with Crippen LogP contribution in [0.25, 0.3) is 0 Å². The quantitative estimate of drug-likeness (QED) is 0.660. The van der Waals surface area contributed by atoms with E-state index in [0.29, 0.717) is 23.9 Å². The first-order chi connectivity index (χ1) is 12.5. The van der Waals surface area contributed by atoms with Crippen molar-refractivity contribution in [3.8, 4) is 0 Å². The van der Waals surface area contributed by atoms with Crippen LogP contribution in [0, 0.1) is 29.6 Å². The number of rotatable bonds is 3. The molecule has 2 aliphatic heterocycles. The predicted octanol–water partition coefficient (Wildman–Crippen LogP) is 5.03. The lowest BCUT2D eigenvalue weighted by Crippen LogP contribution is -2.52. The second-order valence-corrected chi connectivity index (χ2v) is 10.1. The van der Waals surface area contributed by atoms with E-state index in [1.165, 1.54) is 64.2 Å². The van der Waals surface area contributed by atoms with Crippen molar-refractivity contribution < 1.29 is 9.53 Å². The Labute approximate surface area is 160 Å². The molecule has 6 atom stereocenters. The smallest absolute Gasteiger partial charge is 0.311 e. The third-order valence-electron chi connectivity index (χ3n) is 8.55. The molecular weight excluding hydrogens is 322 g/mol. The van der Waals surface area contributed by atoms with Gasteiger partial charge in [-0.3, -0.25) is 9.69 Å². The van der Waals surface area contributed by atoms with Crippen LogP contribution in [-0.2, 0) is 9.53 Å². The number of carbonyl (C=O) groups is 1. The van der Waals surface area contributed by atoms with Crippen molar-refractivity contribution in [3.05, 3.63) is 0 Å². The lowest BCUT2D eigenvalue weighted by molar-refractivity contribution is -0.167. The maximum absolute atomic E-state index is 13.4. The summed E-state index contributed by atoms with van der Waals surface area (Å²) < 4.78 is 6.22. The van der Waals surface area contributed by atoms with Crippen molar-refractivity contribution in [1.82, 2.24) is 4.90 Å². The van der Waals surface area contributed by atoms with Crippen LogP contribution in [0.1, 0.15) is 84.5 Å². The Morgan fingerprint density at radius 3 is 2.38 bits per heavy atom. The molecule has 2 bridgehead atoms. The van der Waals surface area contributed by atoms with Crippen LogP contribution >= 0.6 is 0 Å². The number of piperidine rings is 1. The van der Waals surface area contributed by atoms with Gasteiger partial charge in [0.15, 0.2) is 0 Å². The summed E-state index contributed by atoms with van der Waals surface area (Å²) in [6, 6.07) is 1.14. The van der Waals surface area contributed by atoms with Gasteiger partial charge in [-0.25, -0.2) is 0 Å². The Bertz CT molecular complexity index is 498. The van der Waals surface area contributed by atoms with Crippen LogP contribution < -0.4 is 0 Å². The summed E-state index contributed by atoms with van der Waals surface area (Å²) in [6.07, 6.45) is 14.1. The maximum atomic E-state index is 13.4. The van der Waals surface area contributed by atoms with Gasteiger partial charge in [0.05, 0.1) is 5.92 Å². The standard InChI is InChI=1S/C23H39NO2/c1-15-8-10-17(11-9-15)19-14-18-12-13-20(24(18)3)22(19)23(25)26-21-7-5-4-6-16(21)2/h15-22H,4-14H2,1-3H3/t15?,16?,17?,18-,19-,20?,21?,22?/m1/s1. The van der Waals surface area contributed by atoms with E-state index in [1.54, 1.807) is 0 Å². The van der Waals surface area contributed by atoms with E-state index < -0.39 is 0 Å². The highest BCUT2D eigenvalue weighted by Gasteiger charge is 2.52. The lowest BCUT2D eigenvalue weighted by atomic mass is 9.67. The van der Waals surface area contributed by atoms with Crippen molar-refractivity contribution >= 4 is 5.97 Å². The van der Waals surface area contributed by atoms with Crippen molar-refractivity contribution in [2.75, 3.05) is 7.05 Å². The first kappa shape index (κ1) is 18.8. The van der Waals surface area contributed by atoms with Crippen LogP contribution in [-0.4, -0.2) is 36.1 Å². The molecular formula is C23H39NO2. The minimum atomic E-state index is 0.131. The van der Waals surface area contributed by atoms with E-state index in [9.17, 15) is 4.79 Å². The molecule has 4 fully saturated rings. The minimum Gasteiger partial charge on any atom is -0.462 e. The maximum Gasteiger partial charge on any atom is 0.311 e. The average molecular weight is 362 g/mol. The first-order valence-electron chi connectivity index (χ1n) is 11.5. The molecule has 0 amide bonds. The second kappa shape index (κ2) is 7.81. The molecule has 2 saturated carbocycles. The molecule has 0 spiro atoms. The van der Waals surface area contributed by atoms with Gasteiger partial charge < -0.3 is 4.74 Å². The fourth-order valence-corrected chi connectivity index (χ4v) is 6.72. The summed E-state index contributed by atoms with van der Waals surface area (Å²) in [5.41, 5.74) is 0. The van der Waals surface area contributed by atoms with E-state index in [4.69, 9.17) is 4.74 Å².